The third-order valence-electron chi connectivity index (χ3n) is 4.43. The highest BCUT2D eigenvalue weighted by molar-refractivity contribution is 7.09. The number of ether oxygens (including phenoxy) is 1. The van der Waals surface area contributed by atoms with E-state index in [1.807, 2.05) is 0 Å². The summed E-state index contributed by atoms with van der Waals surface area (Å²) in [6, 6.07) is 0. The van der Waals surface area contributed by atoms with Crippen LogP contribution in [0.25, 0.3) is 0 Å². The van der Waals surface area contributed by atoms with E-state index in [2.05, 4.69) is 38.3 Å². The molecule has 8 heteroatoms. The minimum atomic E-state index is 0.300. The van der Waals surface area contributed by atoms with Crippen molar-refractivity contribution < 1.29 is 4.74 Å². The molecule has 2 aliphatic rings. The molecule has 24 heavy (non-hydrogen) atoms. The van der Waals surface area contributed by atoms with Crippen LogP contribution in [-0.4, -0.2) is 72.2 Å². The van der Waals surface area contributed by atoms with Crippen molar-refractivity contribution in [1.29, 1.82) is 0 Å². The van der Waals surface area contributed by atoms with Crippen molar-refractivity contribution in [3.63, 3.8) is 0 Å². The SMILES string of the molecule is CCNC(=NCC1CCCO1)N1CCN(c2nc(CC)ns2)CC1. The van der Waals surface area contributed by atoms with Crippen LogP contribution in [-0.2, 0) is 11.2 Å². The van der Waals surface area contributed by atoms with Gasteiger partial charge in [0.2, 0.25) is 5.13 Å². The first-order valence-corrected chi connectivity index (χ1v) is 9.80. The Balaban J connectivity index is 1.55. The maximum absolute atomic E-state index is 5.68. The van der Waals surface area contributed by atoms with E-state index in [1.54, 1.807) is 0 Å². The molecule has 1 unspecified atom stereocenters. The smallest absolute Gasteiger partial charge is 0.205 e. The van der Waals surface area contributed by atoms with Gasteiger partial charge in [-0.1, -0.05) is 6.92 Å². The standard InChI is InChI=1S/C16H28N6OS/c1-3-14-19-16(24-20-14)22-9-7-21(8-10-22)15(17-4-2)18-12-13-6-5-11-23-13/h13H,3-12H2,1-2H3,(H,17,18). The highest BCUT2D eigenvalue weighted by Crippen LogP contribution is 2.19. The van der Waals surface area contributed by atoms with Crippen molar-refractivity contribution in [1.82, 2.24) is 19.6 Å². The fourth-order valence-corrected chi connectivity index (χ4v) is 3.83. The Hall–Kier alpha value is -1.41. The van der Waals surface area contributed by atoms with Crippen LogP contribution in [0.1, 0.15) is 32.5 Å². The Kier molecular flexibility index (Phi) is 6.25. The van der Waals surface area contributed by atoms with Crippen molar-refractivity contribution in [2.75, 3.05) is 50.8 Å². The van der Waals surface area contributed by atoms with E-state index in [0.717, 1.165) is 82.1 Å². The van der Waals surface area contributed by atoms with E-state index in [9.17, 15) is 0 Å². The Labute approximate surface area is 148 Å². The molecular formula is C16H28N6OS. The number of nitrogens with zero attached hydrogens (tertiary/aromatic N) is 5. The summed E-state index contributed by atoms with van der Waals surface area (Å²) in [4.78, 5) is 14.1. The van der Waals surface area contributed by atoms with Gasteiger partial charge < -0.3 is 19.9 Å². The molecular weight excluding hydrogens is 324 g/mol. The molecule has 1 atom stereocenters. The Morgan fingerprint density at radius 3 is 2.79 bits per heavy atom. The number of aromatic nitrogens is 2. The van der Waals surface area contributed by atoms with Gasteiger partial charge in [0.1, 0.15) is 5.82 Å². The molecule has 2 aliphatic heterocycles. The Bertz CT molecular complexity index is 534. The van der Waals surface area contributed by atoms with E-state index in [4.69, 9.17) is 9.73 Å². The van der Waals surface area contributed by atoms with E-state index in [-0.39, 0.29) is 0 Å². The summed E-state index contributed by atoms with van der Waals surface area (Å²) in [6.07, 6.45) is 3.50. The van der Waals surface area contributed by atoms with Crippen LogP contribution in [0.5, 0.6) is 0 Å². The van der Waals surface area contributed by atoms with Crippen molar-refractivity contribution in [2.24, 2.45) is 4.99 Å². The van der Waals surface area contributed by atoms with Gasteiger partial charge in [0.05, 0.1) is 12.6 Å². The zero-order chi connectivity index (χ0) is 16.8. The fraction of sp³-hybridized carbons (Fsp3) is 0.812. The number of aryl methyl sites for hydroxylation is 1. The third-order valence-corrected chi connectivity index (χ3v) is 5.24. The molecule has 0 spiro atoms. The van der Waals surface area contributed by atoms with Gasteiger partial charge in [-0.25, -0.2) is 4.98 Å². The number of hydrogen-bond acceptors (Lipinski definition) is 6. The zero-order valence-corrected chi connectivity index (χ0v) is 15.5. The summed E-state index contributed by atoms with van der Waals surface area (Å²) in [5.41, 5.74) is 0. The summed E-state index contributed by atoms with van der Waals surface area (Å²) in [7, 11) is 0. The van der Waals surface area contributed by atoms with Crippen molar-refractivity contribution in [3.05, 3.63) is 5.82 Å². The first kappa shape index (κ1) is 17.4. The monoisotopic (exact) mass is 352 g/mol. The molecule has 1 N–H and O–H groups in total. The first-order chi connectivity index (χ1) is 11.8. The summed E-state index contributed by atoms with van der Waals surface area (Å²) in [6.45, 7) is 10.6. The molecule has 2 saturated heterocycles. The minimum Gasteiger partial charge on any atom is -0.376 e. The number of hydrogen-bond donors (Lipinski definition) is 1. The molecule has 3 rings (SSSR count). The number of guanidine groups is 1. The summed E-state index contributed by atoms with van der Waals surface area (Å²) in [5, 5.41) is 4.47. The van der Waals surface area contributed by atoms with Crippen LogP contribution in [0, 0.1) is 0 Å². The van der Waals surface area contributed by atoms with E-state index < -0.39 is 0 Å². The maximum Gasteiger partial charge on any atom is 0.205 e. The molecule has 0 aromatic carbocycles. The summed E-state index contributed by atoms with van der Waals surface area (Å²) in [5.74, 6) is 1.96. The zero-order valence-electron chi connectivity index (χ0n) is 14.7. The van der Waals surface area contributed by atoms with Gasteiger partial charge in [0, 0.05) is 57.3 Å². The van der Waals surface area contributed by atoms with Crippen LogP contribution in [0.4, 0.5) is 5.13 Å². The van der Waals surface area contributed by atoms with E-state index >= 15 is 0 Å². The van der Waals surface area contributed by atoms with Crippen molar-refractivity contribution in [2.45, 2.75) is 39.2 Å². The van der Waals surface area contributed by atoms with Crippen LogP contribution in [0.2, 0.25) is 0 Å². The molecule has 1 aromatic heterocycles. The topological polar surface area (TPSA) is 65.9 Å². The normalized spacial score (nSPS) is 22.2. The molecule has 0 amide bonds. The van der Waals surface area contributed by atoms with Crippen LogP contribution in [0.3, 0.4) is 0 Å². The van der Waals surface area contributed by atoms with E-state index in [0.29, 0.717) is 6.10 Å². The fourth-order valence-electron chi connectivity index (χ4n) is 3.03. The molecule has 0 bridgehead atoms. The second kappa shape index (κ2) is 8.62. The molecule has 3 heterocycles. The predicted octanol–water partition coefficient (Wildman–Crippen LogP) is 1.37. The third kappa shape index (κ3) is 4.36. The molecule has 0 aliphatic carbocycles. The van der Waals surface area contributed by atoms with Crippen LogP contribution >= 0.6 is 11.5 Å². The molecule has 134 valence electrons. The number of anilines is 1. The largest absolute Gasteiger partial charge is 0.376 e. The number of aliphatic imine (C=N–C) groups is 1. The molecule has 1 aromatic rings. The molecule has 7 nitrogen and oxygen atoms in total. The second-order valence-corrected chi connectivity index (χ2v) is 6.88. The quantitative estimate of drug-likeness (QED) is 0.638. The predicted molar refractivity (Wildman–Crippen MR) is 98.0 cm³/mol. The average molecular weight is 353 g/mol. The highest BCUT2D eigenvalue weighted by Gasteiger charge is 2.22. The highest BCUT2D eigenvalue weighted by atomic mass is 32.1. The van der Waals surface area contributed by atoms with Crippen LogP contribution < -0.4 is 10.2 Å². The van der Waals surface area contributed by atoms with Crippen molar-refractivity contribution >= 4 is 22.6 Å². The second-order valence-electron chi connectivity index (χ2n) is 6.15. The Morgan fingerprint density at radius 1 is 1.33 bits per heavy atom. The van der Waals surface area contributed by atoms with Gasteiger partial charge in [-0.05, 0) is 19.8 Å². The summed E-state index contributed by atoms with van der Waals surface area (Å²) < 4.78 is 10.1. The van der Waals surface area contributed by atoms with E-state index in [1.165, 1.54) is 11.5 Å². The van der Waals surface area contributed by atoms with Crippen molar-refractivity contribution in [3.8, 4) is 0 Å². The molecule has 0 radical (unpaired) electrons. The van der Waals surface area contributed by atoms with Gasteiger partial charge in [-0.2, -0.15) is 4.37 Å². The van der Waals surface area contributed by atoms with Gasteiger partial charge in [0.25, 0.3) is 0 Å². The van der Waals surface area contributed by atoms with Gasteiger partial charge in [-0.15, -0.1) is 0 Å². The average Bonchev–Trinajstić information content (AvgIpc) is 3.30. The first-order valence-electron chi connectivity index (χ1n) is 9.02. The van der Waals surface area contributed by atoms with Gasteiger partial charge in [-0.3, -0.25) is 4.99 Å². The maximum atomic E-state index is 5.68. The number of nitrogens with one attached hydrogen (secondary N) is 1. The van der Waals surface area contributed by atoms with Gasteiger partial charge in [0.15, 0.2) is 5.96 Å². The van der Waals surface area contributed by atoms with Crippen LogP contribution in [0.15, 0.2) is 4.99 Å². The number of rotatable bonds is 5. The molecule has 0 saturated carbocycles. The lowest BCUT2D eigenvalue weighted by Gasteiger charge is -2.36. The minimum absolute atomic E-state index is 0.300. The Morgan fingerprint density at radius 2 is 2.17 bits per heavy atom. The lowest BCUT2D eigenvalue weighted by Crippen LogP contribution is -2.52. The van der Waals surface area contributed by atoms with Gasteiger partial charge >= 0.3 is 0 Å². The number of piperazine rings is 1. The molecule has 2 fully saturated rings. The summed E-state index contributed by atoms with van der Waals surface area (Å²) >= 11 is 1.51. The lowest BCUT2D eigenvalue weighted by atomic mass is 10.2. The lowest BCUT2D eigenvalue weighted by molar-refractivity contribution is 0.117.